The third-order valence-electron chi connectivity index (χ3n) is 4.43. The van der Waals surface area contributed by atoms with Crippen molar-refractivity contribution in [1.82, 2.24) is 0 Å². The molecule has 0 amide bonds. The Balaban J connectivity index is 1.76. The highest BCUT2D eigenvalue weighted by Crippen LogP contribution is 2.31. The molecule has 0 saturated carbocycles. The minimum Gasteiger partial charge on any atom is -0.478 e. The first kappa shape index (κ1) is 14.0. The molecule has 1 N–H and O–H groups in total. The standard InChI is InChI=1S/C19H16O4/c1-11-18(19(20)21)16-8-14(6-7-17(16)23-11)12-2-4-13(5-3-12)15-9-22-10-15/h2-8,15H,9-10H2,1H3,(H,20,21). The van der Waals surface area contributed by atoms with Gasteiger partial charge in [0.2, 0.25) is 0 Å². The number of fused-ring (bicyclic) bond motifs is 1. The van der Waals surface area contributed by atoms with E-state index in [1.807, 2.05) is 18.2 Å². The molecule has 0 aliphatic carbocycles. The molecule has 2 heterocycles. The van der Waals surface area contributed by atoms with Crippen LogP contribution in [0.2, 0.25) is 0 Å². The van der Waals surface area contributed by atoms with Gasteiger partial charge < -0.3 is 14.3 Å². The monoisotopic (exact) mass is 308 g/mol. The number of carboxylic acids is 1. The number of hydrogen-bond donors (Lipinski definition) is 1. The molecule has 4 heteroatoms. The molecule has 116 valence electrons. The number of furan rings is 1. The van der Waals surface area contributed by atoms with Crippen LogP contribution in [-0.2, 0) is 4.74 Å². The lowest BCUT2D eigenvalue weighted by Crippen LogP contribution is -2.24. The van der Waals surface area contributed by atoms with Gasteiger partial charge in [0.1, 0.15) is 16.9 Å². The van der Waals surface area contributed by atoms with Gasteiger partial charge in [0, 0.05) is 11.3 Å². The van der Waals surface area contributed by atoms with E-state index in [4.69, 9.17) is 9.15 Å². The maximum atomic E-state index is 11.4. The fourth-order valence-electron chi connectivity index (χ4n) is 3.04. The second-order valence-corrected chi connectivity index (χ2v) is 5.91. The predicted octanol–water partition coefficient (Wildman–Crippen LogP) is 4.22. The largest absolute Gasteiger partial charge is 0.478 e. The third-order valence-corrected chi connectivity index (χ3v) is 4.43. The van der Waals surface area contributed by atoms with E-state index in [9.17, 15) is 9.90 Å². The van der Waals surface area contributed by atoms with E-state index in [0.717, 1.165) is 24.3 Å². The average molecular weight is 308 g/mol. The second-order valence-electron chi connectivity index (χ2n) is 5.91. The Kier molecular flexibility index (Phi) is 3.20. The van der Waals surface area contributed by atoms with Crippen molar-refractivity contribution in [2.24, 2.45) is 0 Å². The quantitative estimate of drug-likeness (QED) is 0.787. The summed E-state index contributed by atoms with van der Waals surface area (Å²) < 4.78 is 10.8. The van der Waals surface area contributed by atoms with Crippen LogP contribution in [0.25, 0.3) is 22.1 Å². The fraction of sp³-hybridized carbons (Fsp3) is 0.211. The fourth-order valence-corrected chi connectivity index (χ4v) is 3.04. The van der Waals surface area contributed by atoms with Gasteiger partial charge >= 0.3 is 5.97 Å². The minimum absolute atomic E-state index is 0.241. The summed E-state index contributed by atoms with van der Waals surface area (Å²) in [5, 5.41) is 10.0. The number of aryl methyl sites for hydroxylation is 1. The van der Waals surface area contributed by atoms with Gasteiger partial charge in [0.05, 0.1) is 13.2 Å². The number of carbonyl (C=O) groups is 1. The molecule has 4 nitrogen and oxygen atoms in total. The number of rotatable bonds is 3. The Morgan fingerprint density at radius 3 is 2.39 bits per heavy atom. The van der Waals surface area contributed by atoms with Gasteiger partial charge in [-0.15, -0.1) is 0 Å². The van der Waals surface area contributed by atoms with E-state index in [1.54, 1.807) is 6.92 Å². The first-order valence-electron chi connectivity index (χ1n) is 7.58. The number of carboxylic acid groups (broad SMARTS) is 1. The molecule has 3 aromatic rings. The van der Waals surface area contributed by atoms with Gasteiger partial charge in [-0.05, 0) is 35.7 Å². The zero-order valence-electron chi connectivity index (χ0n) is 12.7. The third kappa shape index (κ3) is 2.32. The molecule has 0 atom stereocenters. The van der Waals surface area contributed by atoms with Gasteiger partial charge in [-0.25, -0.2) is 4.79 Å². The van der Waals surface area contributed by atoms with Gasteiger partial charge in [0.25, 0.3) is 0 Å². The van der Waals surface area contributed by atoms with Crippen molar-refractivity contribution in [2.45, 2.75) is 12.8 Å². The van der Waals surface area contributed by atoms with Gasteiger partial charge in [0.15, 0.2) is 0 Å². The maximum absolute atomic E-state index is 11.4. The summed E-state index contributed by atoms with van der Waals surface area (Å²) >= 11 is 0. The van der Waals surface area contributed by atoms with Crippen LogP contribution in [0.3, 0.4) is 0 Å². The molecular formula is C19H16O4. The lowest BCUT2D eigenvalue weighted by atomic mass is 9.94. The van der Waals surface area contributed by atoms with E-state index >= 15 is 0 Å². The number of benzene rings is 2. The molecule has 0 spiro atoms. The van der Waals surface area contributed by atoms with Crippen LogP contribution < -0.4 is 0 Å². The van der Waals surface area contributed by atoms with Crippen molar-refractivity contribution in [1.29, 1.82) is 0 Å². The van der Waals surface area contributed by atoms with E-state index < -0.39 is 5.97 Å². The van der Waals surface area contributed by atoms with Crippen molar-refractivity contribution in [2.75, 3.05) is 13.2 Å². The Bertz CT molecular complexity index is 886. The first-order valence-corrected chi connectivity index (χ1v) is 7.58. The van der Waals surface area contributed by atoms with Crippen LogP contribution in [0, 0.1) is 6.92 Å². The zero-order chi connectivity index (χ0) is 16.0. The highest BCUT2D eigenvalue weighted by molar-refractivity contribution is 6.04. The Morgan fingerprint density at radius 1 is 1.09 bits per heavy atom. The summed E-state index contributed by atoms with van der Waals surface area (Å²) in [4.78, 5) is 11.4. The molecule has 1 fully saturated rings. The highest BCUT2D eigenvalue weighted by atomic mass is 16.5. The number of ether oxygens (including phenoxy) is 1. The summed E-state index contributed by atoms with van der Waals surface area (Å²) in [5.41, 5.74) is 4.17. The Morgan fingerprint density at radius 2 is 1.78 bits per heavy atom. The first-order chi connectivity index (χ1) is 11.1. The summed E-state index contributed by atoms with van der Waals surface area (Å²) in [6, 6.07) is 14.0. The van der Waals surface area contributed by atoms with Gasteiger partial charge in [-0.2, -0.15) is 0 Å². The molecule has 2 aromatic carbocycles. The summed E-state index contributed by atoms with van der Waals surface area (Å²) in [5.74, 6) is -0.0228. The topological polar surface area (TPSA) is 59.7 Å². The van der Waals surface area contributed by atoms with Crippen LogP contribution in [0.5, 0.6) is 0 Å². The summed E-state index contributed by atoms with van der Waals surface area (Å²) in [6.45, 7) is 3.27. The van der Waals surface area contributed by atoms with Crippen LogP contribution in [0.15, 0.2) is 46.9 Å². The van der Waals surface area contributed by atoms with E-state index in [2.05, 4.69) is 24.3 Å². The molecule has 0 radical (unpaired) electrons. The summed E-state index contributed by atoms with van der Waals surface area (Å²) in [6.07, 6.45) is 0. The molecule has 0 unspecified atom stereocenters. The van der Waals surface area contributed by atoms with Gasteiger partial charge in [-0.3, -0.25) is 0 Å². The molecule has 1 aliphatic heterocycles. The van der Waals surface area contributed by atoms with Crippen LogP contribution in [0.4, 0.5) is 0 Å². The average Bonchev–Trinajstić information content (AvgIpc) is 2.81. The van der Waals surface area contributed by atoms with Crippen molar-refractivity contribution in [3.8, 4) is 11.1 Å². The van der Waals surface area contributed by atoms with Crippen LogP contribution in [0.1, 0.15) is 27.6 Å². The molecule has 4 rings (SSSR count). The lowest BCUT2D eigenvalue weighted by molar-refractivity contribution is 0.00842. The molecule has 23 heavy (non-hydrogen) atoms. The van der Waals surface area contributed by atoms with Crippen molar-refractivity contribution in [3.05, 3.63) is 59.4 Å². The van der Waals surface area contributed by atoms with E-state index in [1.165, 1.54) is 5.56 Å². The highest BCUT2D eigenvalue weighted by Gasteiger charge is 2.20. The van der Waals surface area contributed by atoms with Crippen molar-refractivity contribution < 1.29 is 19.1 Å². The molecule has 1 saturated heterocycles. The van der Waals surface area contributed by atoms with Crippen molar-refractivity contribution in [3.63, 3.8) is 0 Å². The Hall–Kier alpha value is -2.59. The van der Waals surface area contributed by atoms with E-state index in [0.29, 0.717) is 22.6 Å². The normalized spacial score (nSPS) is 14.8. The Labute approximate surface area is 133 Å². The lowest BCUT2D eigenvalue weighted by Gasteiger charge is -2.26. The predicted molar refractivity (Wildman–Crippen MR) is 86.9 cm³/mol. The molecule has 1 aliphatic rings. The molecule has 1 aromatic heterocycles. The number of hydrogen-bond acceptors (Lipinski definition) is 3. The zero-order valence-corrected chi connectivity index (χ0v) is 12.7. The van der Waals surface area contributed by atoms with Crippen LogP contribution in [-0.4, -0.2) is 24.3 Å². The van der Waals surface area contributed by atoms with Crippen LogP contribution >= 0.6 is 0 Å². The smallest absolute Gasteiger partial charge is 0.339 e. The van der Waals surface area contributed by atoms with E-state index in [-0.39, 0.29) is 5.56 Å². The number of aromatic carboxylic acids is 1. The minimum atomic E-state index is -0.960. The molecular weight excluding hydrogens is 292 g/mol. The molecule has 0 bridgehead atoms. The summed E-state index contributed by atoms with van der Waals surface area (Å²) in [7, 11) is 0. The van der Waals surface area contributed by atoms with Crippen molar-refractivity contribution >= 4 is 16.9 Å². The second kappa shape index (κ2) is 5.25. The van der Waals surface area contributed by atoms with Gasteiger partial charge in [-0.1, -0.05) is 30.3 Å². The SMILES string of the molecule is Cc1oc2ccc(-c3ccc(C4COC4)cc3)cc2c1C(=O)O. The maximum Gasteiger partial charge on any atom is 0.339 e.